The summed E-state index contributed by atoms with van der Waals surface area (Å²) in [7, 11) is 0. The fourth-order valence-corrected chi connectivity index (χ4v) is 2.55. The minimum absolute atomic E-state index is 0.461. The van der Waals surface area contributed by atoms with Crippen molar-refractivity contribution in [3.63, 3.8) is 0 Å². The molecule has 1 aliphatic carbocycles. The monoisotopic (exact) mass is 183 g/mol. The summed E-state index contributed by atoms with van der Waals surface area (Å²) < 4.78 is 0. The Balaban J connectivity index is 2.14. The van der Waals surface area contributed by atoms with Crippen molar-refractivity contribution in [1.29, 1.82) is 0 Å². The fourth-order valence-electron chi connectivity index (χ4n) is 2.55. The molecule has 0 aromatic carbocycles. The summed E-state index contributed by atoms with van der Waals surface area (Å²) >= 11 is 0. The van der Waals surface area contributed by atoms with Crippen LogP contribution in [0.1, 0.15) is 58.8 Å². The first kappa shape index (κ1) is 11.0. The normalized spacial score (nSPS) is 22.2. The smallest absolute Gasteiger partial charge is 0.00439 e. The van der Waals surface area contributed by atoms with Crippen LogP contribution in [-0.2, 0) is 0 Å². The first-order valence-corrected chi connectivity index (χ1v) is 5.94. The highest BCUT2D eigenvalue weighted by atomic mass is 14.6. The molecule has 1 rings (SSSR count). The summed E-state index contributed by atoms with van der Waals surface area (Å²) in [6.45, 7) is 4.53. The second-order valence-electron chi connectivity index (χ2n) is 5.13. The Hall–Kier alpha value is -0.0400. The molecule has 0 aromatic heterocycles. The number of rotatable bonds is 4. The van der Waals surface area contributed by atoms with E-state index in [9.17, 15) is 0 Å². The van der Waals surface area contributed by atoms with E-state index in [1.54, 1.807) is 0 Å². The minimum atomic E-state index is 0.461. The average molecular weight is 183 g/mol. The second-order valence-corrected chi connectivity index (χ2v) is 5.13. The van der Waals surface area contributed by atoms with Gasteiger partial charge in [-0.2, -0.15) is 0 Å². The maximum absolute atomic E-state index is 6.11. The topological polar surface area (TPSA) is 26.0 Å². The molecule has 78 valence electrons. The Labute approximate surface area is 83.1 Å². The van der Waals surface area contributed by atoms with Gasteiger partial charge >= 0.3 is 0 Å². The SMILES string of the molecule is CC(C)CC(N)CC1CCCCC1. The number of hydrogen-bond donors (Lipinski definition) is 1. The van der Waals surface area contributed by atoms with Crippen LogP contribution in [0.5, 0.6) is 0 Å². The Bertz CT molecular complexity index is 125. The molecule has 0 saturated heterocycles. The van der Waals surface area contributed by atoms with Crippen molar-refractivity contribution in [1.82, 2.24) is 0 Å². The highest BCUT2D eigenvalue weighted by Crippen LogP contribution is 2.27. The van der Waals surface area contributed by atoms with Crippen LogP contribution in [0.3, 0.4) is 0 Å². The lowest BCUT2D eigenvalue weighted by Crippen LogP contribution is -2.26. The van der Waals surface area contributed by atoms with Gasteiger partial charge in [0, 0.05) is 6.04 Å². The van der Waals surface area contributed by atoms with Crippen LogP contribution in [-0.4, -0.2) is 6.04 Å². The highest BCUT2D eigenvalue weighted by molar-refractivity contribution is 4.72. The quantitative estimate of drug-likeness (QED) is 0.711. The van der Waals surface area contributed by atoms with Crippen molar-refractivity contribution in [3.05, 3.63) is 0 Å². The molecule has 1 aliphatic rings. The molecule has 1 atom stereocenters. The minimum Gasteiger partial charge on any atom is -0.328 e. The fraction of sp³-hybridized carbons (Fsp3) is 1.00. The summed E-state index contributed by atoms with van der Waals surface area (Å²) in [4.78, 5) is 0. The van der Waals surface area contributed by atoms with E-state index in [1.165, 1.54) is 44.9 Å². The van der Waals surface area contributed by atoms with Crippen molar-refractivity contribution < 1.29 is 0 Å². The Morgan fingerprint density at radius 2 is 1.77 bits per heavy atom. The van der Waals surface area contributed by atoms with E-state index in [2.05, 4.69) is 13.8 Å². The Kier molecular flexibility index (Phi) is 4.79. The molecule has 2 N–H and O–H groups in total. The molecule has 1 fully saturated rings. The molecular formula is C12H25N. The van der Waals surface area contributed by atoms with Gasteiger partial charge in [0.25, 0.3) is 0 Å². The maximum Gasteiger partial charge on any atom is 0.00439 e. The van der Waals surface area contributed by atoms with Gasteiger partial charge in [-0.15, -0.1) is 0 Å². The Morgan fingerprint density at radius 1 is 1.15 bits per heavy atom. The van der Waals surface area contributed by atoms with Crippen molar-refractivity contribution in [2.75, 3.05) is 0 Å². The van der Waals surface area contributed by atoms with E-state index in [1.807, 2.05) is 0 Å². The van der Waals surface area contributed by atoms with Crippen LogP contribution in [0.25, 0.3) is 0 Å². The third-order valence-corrected chi connectivity index (χ3v) is 3.13. The standard InChI is InChI=1S/C12H25N/c1-10(2)8-12(13)9-11-6-4-3-5-7-11/h10-12H,3-9,13H2,1-2H3. The van der Waals surface area contributed by atoms with Crippen molar-refractivity contribution in [2.45, 2.75) is 64.8 Å². The van der Waals surface area contributed by atoms with E-state index in [0.717, 1.165) is 11.8 Å². The second kappa shape index (κ2) is 5.64. The molecule has 0 bridgehead atoms. The van der Waals surface area contributed by atoms with Gasteiger partial charge in [-0.3, -0.25) is 0 Å². The van der Waals surface area contributed by atoms with Crippen LogP contribution in [0.15, 0.2) is 0 Å². The van der Waals surface area contributed by atoms with Crippen LogP contribution >= 0.6 is 0 Å². The van der Waals surface area contributed by atoms with E-state index < -0.39 is 0 Å². The van der Waals surface area contributed by atoms with Gasteiger partial charge in [-0.1, -0.05) is 46.0 Å². The zero-order valence-corrected chi connectivity index (χ0v) is 9.26. The molecular weight excluding hydrogens is 158 g/mol. The average Bonchev–Trinajstić information content (AvgIpc) is 2.04. The summed E-state index contributed by atoms with van der Waals surface area (Å²) in [5, 5.41) is 0. The summed E-state index contributed by atoms with van der Waals surface area (Å²) in [5.74, 6) is 1.71. The summed E-state index contributed by atoms with van der Waals surface area (Å²) in [6, 6.07) is 0.461. The first-order valence-electron chi connectivity index (χ1n) is 5.94. The molecule has 1 saturated carbocycles. The number of hydrogen-bond acceptors (Lipinski definition) is 1. The molecule has 1 heteroatoms. The van der Waals surface area contributed by atoms with E-state index >= 15 is 0 Å². The predicted molar refractivity (Wildman–Crippen MR) is 58.6 cm³/mol. The van der Waals surface area contributed by atoms with Crippen LogP contribution in [0, 0.1) is 11.8 Å². The molecule has 0 heterocycles. The summed E-state index contributed by atoms with van der Waals surface area (Å²) in [5.41, 5.74) is 6.11. The lowest BCUT2D eigenvalue weighted by atomic mass is 9.83. The molecule has 0 radical (unpaired) electrons. The zero-order chi connectivity index (χ0) is 9.68. The maximum atomic E-state index is 6.11. The third kappa shape index (κ3) is 4.66. The van der Waals surface area contributed by atoms with Gasteiger partial charge < -0.3 is 5.73 Å². The van der Waals surface area contributed by atoms with Crippen LogP contribution < -0.4 is 5.73 Å². The van der Waals surface area contributed by atoms with Gasteiger partial charge in [0.05, 0.1) is 0 Å². The summed E-state index contributed by atoms with van der Waals surface area (Å²) in [6.07, 6.45) is 9.69. The Morgan fingerprint density at radius 3 is 2.31 bits per heavy atom. The van der Waals surface area contributed by atoms with Crippen LogP contribution in [0.2, 0.25) is 0 Å². The van der Waals surface area contributed by atoms with E-state index in [0.29, 0.717) is 6.04 Å². The first-order chi connectivity index (χ1) is 6.18. The molecule has 1 unspecified atom stereocenters. The van der Waals surface area contributed by atoms with Crippen molar-refractivity contribution >= 4 is 0 Å². The number of nitrogens with two attached hydrogens (primary N) is 1. The molecule has 1 nitrogen and oxygen atoms in total. The predicted octanol–water partition coefficient (Wildman–Crippen LogP) is 3.33. The van der Waals surface area contributed by atoms with Crippen LogP contribution in [0.4, 0.5) is 0 Å². The van der Waals surface area contributed by atoms with Gasteiger partial charge in [-0.05, 0) is 24.7 Å². The van der Waals surface area contributed by atoms with Crippen molar-refractivity contribution in [3.8, 4) is 0 Å². The molecule has 0 amide bonds. The largest absolute Gasteiger partial charge is 0.328 e. The van der Waals surface area contributed by atoms with E-state index in [-0.39, 0.29) is 0 Å². The molecule has 13 heavy (non-hydrogen) atoms. The molecule has 0 aliphatic heterocycles. The lowest BCUT2D eigenvalue weighted by Gasteiger charge is -2.25. The third-order valence-electron chi connectivity index (χ3n) is 3.13. The van der Waals surface area contributed by atoms with Gasteiger partial charge in [0.1, 0.15) is 0 Å². The van der Waals surface area contributed by atoms with Gasteiger partial charge in [0.15, 0.2) is 0 Å². The highest BCUT2D eigenvalue weighted by Gasteiger charge is 2.16. The molecule has 0 aromatic rings. The van der Waals surface area contributed by atoms with E-state index in [4.69, 9.17) is 5.73 Å². The van der Waals surface area contributed by atoms with Gasteiger partial charge in [-0.25, -0.2) is 0 Å². The van der Waals surface area contributed by atoms with Gasteiger partial charge in [0.2, 0.25) is 0 Å². The zero-order valence-electron chi connectivity index (χ0n) is 9.26. The lowest BCUT2D eigenvalue weighted by molar-refractivity contribution is 0.303. The van der Waals surface area contributed by atoms with Crippen molar-refractivity contribution in [2.24, 2.45) is 17.6 Å². The molecule has 0 spiro atoms.